The van der Waals surface area contributed by atoms with Crippen molar-refractivity contribution in [2.45, 2.75) is 19.4 Å². The van der Waals surface area contributed by atoms with Crippen molar-refractivity contribution >= 4 is 0 Å². The summed E-state index contributed by atoms with van der Waals surface area (Å²) in [5.74, 6) is 1.53. The summed E-state index contributed by atoms with van der Waals surface area (Å²) in [6, 6.07) is 5.44. The van der Waals surface area contributed by atoms with Gasteiger partial charge in [0.25, 0.3) is 0 Å². The van der Waals surface area contributed by atoms with Gasteiger partial charge in [0.15, 0.2) is 0 Å². The van der Waals surface area contributed by atoms with Crippen LogP contribution in [0.4, 0.5) is 0 Å². The van der Waals surface area contributed by atoms with E-state index in [0.29, 0.717) is 13.2 Å². The van der Waals surface area contributed by atoms with E-state index in [9.17, 15) is 0 Å². The third-order valence-electron chi connectivity index (χ3n) is 2.33. The lowest BCUT2D eigenvalue weighted by Gasteiger charge is -2.15. The molecule has 0 amide bonds. The average Bonchev–Trinajstić information content (AvgIpc) is 2.34. The van der Waals surface area contributed by atoms with Gasteiger partial charge in [-0.3, -0.25) is 0 Å². The summed E-state index contributed by atoms with van der Waals surface area (Å²) in [6.45, 7) is 3.16. The summed E-state index contributed by atoms with van der Waals surface area (Å²) in [5.41, 5.74) is 12.3. The second-order valence-corrected chi connectivity index (χ2v) is 3.59. The van der Waals surface area contributed by atoms with Crippen LogP contribution in [0.25, 0.3) is 0 Å². The molecule has 90 valence electrons. The van der Waals surface area contributed by atoms with E-state index in [0.717, 1.165) is 23.5 Å². The van der Waals surface area contributed by atoms with Crippen LogP contribution in [-0.4, -0.2) is 20.3 Å². The van der Waals surface area contributed by atoms with E-state index in [1.807, 2.05) is 18.2 Å². The predicted octanol–water partition coefficient (Wildman–Crippen LogP) is 1.44. The largest absolute Gasteiger partial charge is 0.496 e. The molecule has 0 unspecified atom stereocenters. The van der Waals surface area contributed by atoms with Crippen molar-refractivity contribution < 1.29 is 9.47 Å². The molecule has 0 heterocycles. The molecule has 4 nitrogen and oxygen atoms in total. The molecule has 1 aromatic rings. The Morgan fingerprint density at radius 3 is 2.69 bits per heavy atom. The number of hydrogen-bond donors (Lipinski definition) is 2. The quantitative estimate of drug-likeness (QED) is 0.767. The fourth-order valence-corrected chi connectivity index (χ4v) is 1.43. The minimum atomic E-state index is -0.199. The first-order valence-corrected chi connectivity index (χ1v) is 5.49. The molecule has 1 aromatic carbocycles. The number of rotatable bonds is 6. The molecule has 0 saturated heterocycles. The Kier molecular flexibility index (Phi) is 5.08. The topological polar surface area (TPSA) is 70.5 Å². The average molecular weight is 224 g/mol. The molecule has 16 heavy (non-hydrogen) atoms. The third kappa shape index (κ3) is 3.12. The maximum atomic E-state index is 5.88. The molecule has 0 aliphatic rings. The van der Waals surface area contributed by atoms with Gasteiger partial charge in [0, 0.05) is 24.2 Å². The van der Waals surface area contributed by atoms with Gasteiger partial charge in [-0.2, -0.15) is 0 Å². The lowest BCUT2D eigenvalue weighted by atomic mass is 10.1. The minimum absolute atomic E-state index is 0.199. The van der Waals surface area contributed by atoms with Crippen LogP contribution in [0.3, 0.4) is 0 Å². The molecule has 0 bridgehead atoms. The fourth-order valence-electron chi connectivity index (χ4n) is 1.43. The van der Waals surface area contributed by atoms with Crippen molar-refractivity contribution in [2.75, 3.05) is 20.3 Å². The van der Waals surface area contributed by atoms with Crippen LogP contribution in [0.1, 0.15) is 24.9 Å². The van der Waals surface area contributed by atoms with Crippen molar-refractivity contribution in [3.8, 4) is 11.5 Å². The SMILES string of the molecule is CCCOc1ccc([C@H](N)CN)c(OC)c1. The van der Waals surface area contributed by atoms with Gasteiger partial charge >= 0.3 is 0 Å². The Bertz CT molecular complexity index is 329. The van der Waals surface area contributed by atoms with Gasteiger partial charge in [-0.15, -0.1) is 0 Å². The smallest absolute Gasteiger partial charge is 0.127 e. The molecule has 0 radical (unpaired) electrons. The molecule has 0 spiro atoms. The van der Waals surface area contributed by atoms with Crippen molar-refractivity contribution in [1.29, 1.82) is 0 Å². The first kappa shape index (κ1) is 12.8. The highest BCUT2D eigenvalue weighted by Crippen LogP contribution is 2.28. The highest BCUT2D eigenvalue weighted by Gasteiger charge is 2.11. The zero-order valence-electron chi connectivity index (χ0n) is 9.90. The molecular weight excluding hydrogens is 204 g/mol. The first-order valence-electron chi connectivity index (χ1n) is 5.49. The van der Waals surface area contributed by atoms with E-state index in [4.69, 9.17) is 20.9 Å². The normalized spacial score (nSPS) is 12.2. The van der Waals surface area contributed by atoms with E-state index in [-0.39, 0.29) is 6.04 Å². The van der Waals surface area contributed by atoms with E-state index >= 15 is 0 Å². The number of hydrogen-bond acceptors (Lipinski definition) is 4. The lowest BCUT2D eigenvalue weighted by Crippen LogP contribution is -2.21. The number of ether oxygens (including phenoxy) is 2. The molecule has 0 aliphatic carbocycles. The Morgan fingerprint density at radius 1 is 1.38 bits per heavy atom. The van der Waals surface area contributed by atoms with Gasteiger partial charge in [0.1, 0.15) is 11.5 Å². The summed E-state index contributed by atoms with van der Waals surface area (Å²) < 4.78 is 10.8. The van der Waals surface area contributed by atoms with Crippen LogP contribution in [0.15, 0.2) is 18.2 Å². The van der Waals surface area contributed by atoms with Crippen molar-refractivity contribution in [3.05, 3.63) is 23.8 Å². The van der Waals surface area contributed by atoms with Gasteiger partial charge in [0.05, 0.1) is 13.7 Å². The fraction of sp³-hybridized carbons (Fsp3) is 0.500. The van der Waals surface area contributed by atoms with Gasteiger partial charge in [-0.1, -0.05) is 13.0 Å². The van der Waals surface area contributed by atoms with E-state index in [1.54, 1.807) is 7.11 Å². The van der Waals surface area contributed by atoms with Crippen molar-refractivity contribution in [3.63, 3.8) is 0 Å². The maximum absolute atomic E-state index is 5.88. The Labute approximate surface area is 96.5 Å². The monoisotopic (exact) mass is 224 g/mol. The van der Waals surface area contributed by atoms with Crippen LogP contribution >= 0.6 is 0 Å². The van der Waals surface area contributed by atoms with Crippen molar-refractivity contribution in [2.24, 2.45) is 11.5 Å². The number of methoxy groups -OCH3 is 1. The molecule has 0 aromatic heterocycles. The summed E-state index contributed by atoms with van der Waals surface area (Å²) in [7, 11) is 1.62. The van der Waals surface area contributed by atoms with Gasteiger partial charge < -0.3 is 20.9 Å². The molecule has 4 N–H and O–H groups in total. The van der Waals surface area contributed by atoms with Gasteiger partial charge in [-0.05, 0) is 12.5 Å². The molecule has 4 heteroatoms. The minimum Gasteiger partial charge on any atom is -0.496 e. The molecule has 0 fully saturated rings. The number of nitrogens with two attached hydrogens (primary N) is 2. The molecule has 0 saturated carbocycles. The van der Waals surface area contributed by atoms with Crippen LogP contribution in [0.5, 0.6) is 11.5 Å². The van der Waals surface area contributed by atoms with Gasteiger partial charge in [0.2, 0.25) is 0 Å². The first-order chi connectivity index (χ1) is 7.72. The zero-order chi connectivity index (χ0) is 12.0. The second-order valence-electron chi connectivity index (χ2n) is 3.59. The van der Waals surface area contributed by atoms with Crippen LogP contribution < -0.4 is 20.9 Å². The third-order valence-corrected chi connectivity index (χ3v) is 2.33. The highest BCUT2D eigenvalue weighted by molar-refractivity contribution is 5.42. The standard InChI is InChI=1S/C12H20N2O2/c1-3-6-16-9-4-5-10(11(14)8-13)12(7-9)15-2/h4-5,7,11H,3,6,8,13-14H2,1-2H3/t11-/m1/s1. The van der Waals surface area contributed by atoms with Crippen molar-refractivity contribution in [1.82, 2.24) is 0 Å². The van der Waals surface area contributed by atoms with Crippen LogP contribution in [0, 0.1) is 0 Å². The second kappa shape index (κ2) is 6.35. The zero-order valence-corrected chi connectivity index (χ0v) is 9.90. The molecule has 1 rings (SSSR count). The highest BCUT2D eigenvalue weighted by atomic mass is 16.5. The number of benzene rings is 1. The predicted molar refractivity (Wildman–Crippen MR) is 64.8 cm³/mol. The lowest BCUT2D eigenvalue weighted by molar-refractivity contribution is 0.314. The molecular formula is C12H20N2O2. The molecule has 1 atom stereocenters. The molecule has 0 aliphatic heterocycles. The maximum Gasteiger partial charge on any atom is 0.127 e. The Hall–Kier alpha value is -1.26. The van der Waals surface area contributed by atoms with Crippen LogP contribution in [-0.2, 0) is 0 Å². The Morgan fingerprint density at radius 2 is 2.12 bits per heavy atom. The summed E-state index contributed by atoms with van der Waals surface area (Å²) in [4.78, 5) is 0. The Balaban J connectivity index is 2.88. The van der Waals surface area contributed by atoms with Crippen LogP contribution in [0.2, 0.25) is 0 Å². The summed E-state index contributed by atoms with van der Waals surface area (Å²) in [6.07, 6.45) is 0.979. The summed E-state index contributed by atoms with van der Waals surface area (Å²) in [5, 5.41) is 0. The van der Waals surface area contributed by atoms with Gasteiger partial charge in [-0.25, -0.2) is 0 Å². The van der Waals surface area contributed by atoms with E-state index in [1.165, 1.54) is 0 Å². The van der Waals surface area contributed by atoms with E-state index in [2.05, 4.69) is 6.92 Å². The summed E-state index contributed by atoms with van der Waals surface area (Å²) >= 11 is 0. The van der Waals surface area contributed by atoms with E-state index < -0.39 is 0 Å².